The lowest BCUT2D eigenvalue weighted by Gasteiger charge is -2.19. The second kappa shape index (κ2) is 9.14. The van der Waals surface area contributed by atoms with Crippen LogP contribution in [0.2, 0.25) is 0 Å². The number of aromatic nitrogens is 3. The Morgan fingerprint density at radius 1 is 1.26 bits per heavy atom. The molecule has 0 bridgehead atoms. The van der Waals surface area contributed by atoms with Gasteiger partial charge in [0.15, 0.2) is 0 Å². The molecular formula is C24H33N5O2. The molecule has 2 atom stereocenters. The van der Waals surface area contributed by atoms with Crippen LogP contribution in [0.25, 0.3) is 10.9 Å². The number of hydrogen-bond donors (Lipinski definition) is 1. The van der Waals surface area contributed by atoms with Gasteiger partial charge in [-0.25, -0.2) is 0 Å². The summed E-state index contributed by atoms with van der Waals surface area (Å²) in [6.45, 7) is 7.57. The van der Waals surface area contributed by atoms with Gasteiger partial charge in [0.25, 0.3) is 0 Å². The van der Waals surface area contributed by atoms with Crippen LogP contribution in [0.5, 0.6) is 5.75 Å². The molecule has 0 radical (unpaired) electrons. The first-order valence-corrected chi connectivity index (χ1v) is 11.2. The lowest BCUT2D eigenvalue weighted by atomic mass is 9.93. The molecule has 1 aliphatic rings. The van der Waals surface area contributed by atoms with Crippen molar-refractivity contribution in [2.24, 2.45) is 7.05 Å². The number of methoxy groups -OCH3 is 1. The van der Waals surface area contributed by atoms with Gasteiger partial charge in [-0.1, -0.05) is 13.8 Å². The summed E-state index contributed by atoms with van der Waals surface area (Å²) in [5.41, 5.74) is 3.66. The zero-order valence-corrected chi connectivity index (χ0v) is 19.0. The smallest absolute Gasteiger partial charge is 0.219 e. The monoisotopic (exact) mass is 423 g/mol. The van der Waals surface area contributed by atoms with Crippen LogP contribution < -0.4 is 10.1 Å². The van der Waals surface area contributed by atoms with Crippen molar-refractivity contribution in [2.45, 2.75) is 51.7 Å². The third-order valence-electron chi connectivity index (χ3n) is 6.24. The van der Waals surface area contributed by atoms with Crippen molar-refractivity contribution in [1.82, 2.24) is 24.6 Å². The Balaban J connectivity index is 1.62. The van der Waals surface area contributed by atoms with E-state index in [1.165, 1.54) is 22.0 Å². The van der Waals surface area contributed by atoms with Gasteiger partial charge in [-0.3, -0.25) is 14.4 Å². The third-order valence-corrected chi connectivity index (χ3v) is 6.24. The average Bonchev–Trinajstić information content (AvgIpc) is 3.46. The Kier molecular flexibility index (Phi) is 6.32. The van der Waals surface area contributed by atoms with Crippen LogP contribution in [-0.2, 0) is 24.9 Å². The molecule has 7 heteroatoms. The molecule has 0 aliphatic carbocycles. The van der Waals surface area contributed by atoms with Gasteiger partial charge >= 0.3 is 0 Å². The van der Waals surface area contributed by atoms with Gasteiger partial charge in [0.05, 0.1) is 13.3 Å². The Bertz CT molecular complexity index is 1050. The number of nitrogens with one attached hydrogen (secondary N) is 1. The zero-order valence-electron chi connectivity index (χ0n) is 19.0. The Labute approximate surface area is 184 Å². The molecule has 0 saturated carbocycles. The highest BCUT2D eigenvalue weighted by Crippen LogP contribution is 2.36. The number of rotatable bonds is 8. The number of hydrogen-bond acceptors (Lipinski definition) is 4. The summed E-state index contributed by atoms with van der Waals surface area (Å²) in [4.78, 5) is 14.7. The average molecular weight is 424 g/mol. The van der Waals surface area contributed by atoms with Crippen molar-refractivity contribution in [3.05, 3.63) is 47.9 Å². The van der Waals surface area contributed by atoms with Gasteiger partial charge in [-0.15, -0.1) is 0 Å². The third kappa shape index (κ3) is 4.46. The lowest BCUT2D eigenvalue weighted by Crippen LogP contribution is -2.39. The van der Waals surface area contributed by atoms with E-state index >= 15 is 0 Å². The number of nitrogens with zero attached hydrogens (tertiary/aromatic N) is 4. The highest BCUT2D eigenvalue weighted by Gasteiger charge is 2.36. The molecule has 1 amide bonds. The second-order valence-corrected chi connectivity index (χ2v) is 8.52. The van der Waals surface area contributed by atoms with Crippen LogP contribution in [0, 0.1) is 0 Å². The van der Waals surface area contributed by atoms with Gasteiger partial charge in [0.1, 0.15) is 5.75 Å². The van der Waals surface area contributed by atoms with Gasteiger partial charge in [0.2, 0.25) is 5.91 Å². The summed E-state index contributed by atoms with van der Waals surface area (Å²) in [6.07, 6.45) is 7.88. The number of aryl methyl sites for hydroxylation is 2. The minimum atomic E-state index is 0.0786. The van der Waals surface area contributed by atoms with Crippen LogP contribution in [0.4, 0.5) is 0 Å². The Hall–Kier alpha value is -2.80. The van der Waals surface area contributed by atoms with Crippen LogP contribution in [0.15, 0.2) is 36.8 Å². The molecule has 3 aromatic rings. The number of likely N-dealkylation sites (tertiary alicyclic amines) is 1. The van der Waals surface area contributed by atoms with E-state index in [2.05, 4.69) is 58.4 Å². The molecular weight excluding hydrogens is 390 g/mol. The minimum absolute atomic E-state index is 0.0786. The minimum Gasteiger partial charge on any atom is -0.497 e. The molecule has 1 fully saturated rings. The van der Waals surface area contributed by atoms with Gasteiger partial charge in [0, 0.05) is 80.5 Å². The summed E-state index contributed by atoms with van der Waals surface area (Å²) in [5.74, 6) is 1.18. The fourth-order valence-corrected chi connectivity index (χ4v) is 4.71. The number of benzene rings is 1. The highest BCUT2D eigenvalue weighted by atomic mass is 16.5. The van der Waals surface area contributed by atoms with E-state index in [1.54, 1.807) is 7.11 Å². The maximum Gasteiger partial charge on any atom is 0.219 e. The SMILES string of the molecule is CCCn1cc(CN2C[C@H](NC(=O)CC)[C@@H](c3cn(C)c4ccc(OC)cc34)C2)cn1. The largest absolute Gasteiger partial charge is 0.497 e. The quantitative estimate of drug-likeness (QED) is 0.604. The zero-order chi connectivity index (χ0) is 22.0. The molecule has 1 N–H and O–H groups in total. The predicted octanol–water partition coefficient (Wildman–Crippen LogP) is 3.29. The Morgan fingerprint density at radius 2 is 2.10 bits per heavy atom. The molecule has 1 aromatic carbocycles. The Morgan fingerprint density at radius 3 is 2.84 bits per heavy atom. The van der Waals surface area contributed by atoms with Crippen LogP contribution in [0.1, 0.15) is 43.7 Å². The standard InChI is InChI=1S/C24H33N5O2/c1-5-9-29-13-17(11-25-29)12-28-15-21(22(16-28)26-24(30)6-2)20-14-27(3)23-8-7-18(31-4)10-19(20)23/h7-8,10-11,13-14,21-22H,5-6,9,12,15-16H2,1-4H3,(H,26,30)/t21-,22+/m1/s1. The van der Waals surface area contributed by atoms with Gasteiger partial charge in [-0.05, 0) is 30.2 Å². The van der Waals surface area contributed by atoms with Crippen molar-refractivity contribution < 1.29 is 9.53 Å². The van der Waals surface area contributed by atoms with Gasteiger partial charge < -0.3 is 14.6 Å². The van der Waals surface area contributed by atoms with Crippen molar-refractivity contribution >= 4 is 16.8 Å². The van der Waals surface area contributed by atoms with Crippen LogP contribution >= 0.6 is 0 Å². The summed E-state index contributed by atoms with van der Waals surface area (Å²) in [6, 6.07) is 6.29. The van der Waals surface area contributed by atoms with Gasteiger partial charge in [-0.2, -0.15) is 5.10 Å². The molecule has 2 aromatic heterocycles. The van der Waals surface area contributed by atoms with E-state index in [1.807, 2.05) is 23.9 Å². The number of amides is 1. The maximum absolute atomic E-state index is 12.3. The molecule has 4 rings (SSSR count). The normalized spacial score (nSPS) is 19.2. The summed E-state index contributed by atoms with van der Waals surface area (Å²) in [7, 11) is 3.77. The second-order valence-electron chi connectivity index (χ2n) is 8.52. The molecule has 3 heterocycles. The number of carbonyl (C=O) groups excluding carboxylic acids is 1. The predicted molar refractivity (Wildman–Crippen MR) is 122 cm³/mol. The summed E-state index contributed by atoms with van der Waals surface area (Å²) >= 11 is 0. The molecule has 0 spiro atoms. The summed E-state index contributed by atoms with van der Waals surface area (Å²) in [5, 5.41) is 8.95. The fraction of sp³-hybridized carbons (Fsp3) is 0.500. The number of carbonyl (C=O) groups is 1. The summed E-state index contributed by atoms with van der Waals surface area (Å²) < 4.78 is 9.66. The highest BCUT2D eigenvalue weighted by molar-refractivity contribution is 5.86. The topological polar surface area (TPSA) is 64.3 Å². The maximum atomic E-state index is 12.3. The first-order valence-electron chi connectivity index (χ1n) is 11.2. The fourth-order valence-electron chi connectivity index (χ4n) is 4.71. The molecule has 31 heavy (non-hydrogen) atoms. The van der Waals surface area contributed by atoms with E-state index < -0.39 is 0 Å². The first-order chi connectivity index (χ1) is 15.0. The molecule has 0 unspecified atom stereocenters. The van der Waals surface area contributed by atoms with E-state index in [4.69, 9.17) is 4.74 Å². The van der Waals surface area contributed by atoms with Crippen molar-refractivity contribution in [1.29, 1.82) is 0 Å². The van der Waals surface area contributed by atoms with E-state index in [9.17, 15) is 4.79 Å². The van der Waals surface area contributed by atoms with Crippen molar-refractivity contribution in [3.8, 4) is 5.75 Å². The molecule has 1 aliphatic heterocycles. The van der Waals surface area contributed by atoms with E-state index in [0.717, 1.165) is 38.3 Å². The van der Waals surface area contributed by atoms with Crippen LogP contribution in [0.3, 0.4) is 0 Å². The number of fused-ring (bicyclic) bond motifs is 1. The van der Waals surface area contributed by atoms with E-state index in [0.29, 0.717) is 6.42 Å². The lowest BCUT2D eigenvalue weighted by molar-refractivity contribution is -0.121. The molecule has 7 nitrogen and oxygen atoms in total. The molecule has 1 saturated heterocycles. The molecule has 166 valence electrons. The van der Waals surface area contributed by atoms with Crippen LogP contribution in [-0.4, -0.2) is 51.4 Å². The van der Waals surface area contributed by atoms with Crippen molar-refractivity contribution in [3.63, 3.8) is 0 Å². The van der Waals surface area contributed by atoms with Crippen molar-refractivity contribution in [2.75, 3.05) is 20.2 Å². The van der Waals surface area contributed by atoms with E-state index in [-0.39, 0.29) is 17.9 Å². The number of ether oxygens (including phenoxy) is 1. The first kappa shape index (κ1) is 21.4.